The first-order valence-corrected chi connectivity index (χ1v) is 11.8. The van der Waals surface area contributed by atoms with Gasteiger partial charge in [-0.25, -0.2) is 4.57 Å². The fourth-order valence-electron chi connectivity index (χ4n) is 4.15. The van der Waals surface area contributed by atoms with Crippen molar-refractivity contribution in [2.45, 2.75) is 25.4 Å². The van der Waals surface area contributed by atoms with E-state index in [1.165, 1.54) is 0 Å². The number of aliphatic hydroxyl groups excluding tert-OH is 3. The van der Waals surface area contributed by atoms with Crippen molar-refractivity contribution in [1.82, 2.24) is 19.6 Å². The number of rotatable bonds is 9. The first-order chi connectivity index (χ1) is 16.5. The third-order valence-electron chi connectivity index (χ3n) is 6.11. The molecule has 0 unspecified atom stereocenters. The largest absolute Gasteiger partial charge is 0.367 e. The standard InChI is InChI=1S/C22H40N6O7/c1-24-12-17(22(23)35)2-3-18(24)13-25-4-6-26(14-19(29)30)8-10-28(16-21(33)34)11-9-27(7-5-25)15-20(31)32/h2-3,12,19-21,29-34H,4-11,13-16H2,1H3,(H-,23,35)/p+1. The van der Waals surface area contributed by atoms with Crippen LogP contribution in [-0.2, 0) is 13.6 Å². The van der Waals surface area contributed by atoms with Crippen molar-refractivity contribution in [2.24, 2.45) is 12.8 Å². The molecule has 0 radical (unpaired) electrons. The molecule has 0 saturated carbocycles. The fourth-order valence-corrected chi connectivity index (χ4v) is 4.15. The minimum atomic E-state index is -1.51. The number of pyridine rings is 1. The van der Waals surface area contributed by atoms with Gasteiger partial charge in [0.2, 0.25) is 0 Å². The van der Waals surface area contributed by atoms with Gasteiger partial charge in [-0.15, -0.1) is 0 Å². The summed E-state index contributed by atoms with van der Waals surface area (Å²) < 4.78 is 1.85. The molecule has 1 aromatic heterocycles. The summed E-state index contributed by atoms with van der Waals surface area (Å²) in [5, 5.41) is 57.1. The smallest absolute Gasteiger partial charge is 0.254 e. The number of hydrogen-bond donors (Lipinski definition) is 7. The predicted octanol–water partition coefficient (Wildman–Crippen LogP) is -4.74. The van der Waals surface area contributed by atoms with Crippen molar-refractivity contribution in [3.8, 4) is 0 Å². The minimum Gasteiger partial charge on any atom is -0.367 e. The number of nitrogens with two attached hydrogens (primary N) is 1. The van der Waals surface area contributed by atoms with Gasteiger partial charge in [0, 0.05) is 78.1 Å². The molecule has 0 aromatic carbocycles. The number of nitrogens with zero attached hydrogens (tertiary/aromatic N) is 5. The van der Waals surface area contributed by atoms with E-state index >= 15 is 0 Å². The van der Waals surface area contributed by atoms with Crippen LogP contribution in [0, 0.1) is 0 Å². The summed E-state index contributed by atoms with van der Waals surface area (Å²) in [7, 11) is 1.84. The number of amides is 1. The summed E-state index contributed by atoms with van der Waals surface area (Å²) in [5.41, 5.74) is 6.74. The van der Waals surface area contributed by atoms with Crippen molar-refractivity contribution in [2.75, 3.05) is 72.0 Å². The average molecular weight is 502 g/mol. The molecule has 200 valence electrons. The zero-order valence-corrected chi connectivity index (χ0v) is 20.4. The van der Waals surface area contributed by atoms with Crippen molar-refractivity contribution >= 4 is 5.91 Å². The maximum Gasteiger partial charge on any atom is 0.254 e. The monoisotopic (exact) mass is 501 g/mol. The van der Waals surface area contributed by atoms with Crippen LogP contribution in [0.4, 0.5) is 0 Å². The van der Waals surface area contributed by atoms with Gasteiger partial charge in [0.25, 0.3) is 5.91 Å². The lowest BCUT2D eigenvalue weighted by molar-refractivity contribution is -0.680. The van der Waals surface area contributed by atoms with E-state index in [9.17, 15) is 35.4 Å². The summed E-state index contributed by atoms with van der Waals surface area (Å²) in [6.07, 6.45) is -2.81. The topological polar surface area (TPSA) is 181 Å². The number of carbonyl (C=O) groups excluding carboxylic acids is 1. The van der Waals surface area contributed by atoms with E-state index in [2.05, 4.69) is 4.90 Å². The lowest BCUT2D eigenvalue weighted by atomic mass is 10.2. The first kappa shape index (κ1) is 29.5. The minimum absolute atomic E-state index is 0.0367. The van der Waals surface area contributed by atoms with Crippen LogP contribution in [0.25, 0.3) is 0 Å². The molecule has 0 atom stereocenters. The molecule has 1 aliphatic heterocycles. The number of aliphatic hydroxyl groups is 6. The molecule has 1 fully saturated rings. The molecule has 1 aliphatic rings. The number of carbonyl (C=O) groups is 1. The molecule has 35 heavy (non-hydrogen) atoms. The van der Waals surface area contributed by atoms with Gasteiger partial charge in [-0.2, -0.15) is 0 Å². The lowest BCUT2D eigenvalue weighted by Gasteiger charge is -2.34. The first-order valence-electron chi connectivity index (χ1n) is 11.8. The van der Waals surface area contributed by atoms with E-state index in [1.54, 1.807) is 12.3 Å². The van der Waals surface area contributed by atoms with E-state index in [1.807, 2.05) is 32.4 Å². The van der Waals surface area contributed by atoms with Gasteiger partial charge in [-0.1, -0.05) is 0 Å². The molecule has 13 nitrogen and oxygen atoms in total. The van der Waals surface area contributed by atoms with Crippen LogP contribution in [0.1, 0.15) is 16.1 Å². The molecule has 2 heterocycles. The quantitative estimate of drug-likeness (QED) is 0.127. The molecule has 1 amide bonds. The second-order valence-corrected chi connectivity index (χ2v) is 9.00. The Labute approximate surface area is 205 Å². The number of primary amides is 1. The maximum atomic E-state index is 11.5. The maximum absolute atomic E-state index is 11.5. The number of aromatic nitrogens is 1. The van der Waals surface area contributed by atoms with Gasteiger partial charge in [0.15, 0.2) is 30.8 Å². The van der Waals surface area contributed by atoms with Crippen molar-refractivity contribution in [3.63, 3.8) is 0 Å². The molecule has 8 N–H and O–H groups in total. The third-order valence-corrected chi connectivity index (χ3v) is 6.11. The van der Waals surface area contributed by atoms with Crippen molar-refractivity contribution in [3.05, 3.63) is 29.6 Å². The highest BCUT2D eigenvalue weighted by Gasteiger charge is 2.21. The van der Waals surface area contributed by atoms with Crippen LogP contribution in [0.2, 0.25) is 0 Å². The Balaban J connectivity index is 2.19. The molecule has 2 rings (SSSR count). The Bertz CT molecular complexity index is 757. The molecule has 0 bridgehead atoms. The molecule has 1 aromatic rings. The van der Waals surface area contributed by atoms with Gasteiger partial charge >= 0.3 is 0 Å². The van der Waals surface area contributed by atoms with Crippen LogP contribution in [0.5, 0.6) is 0 Å². The summed E-state index contributed by atoms with van der Waals surface area (Å²) in [6.45, 7) is 4.93. The Morgan fingerprint density at radius 2 is 1.14 bits per heavy atom. The van der Waals surface area contributed by atoms with E-state index in [-0.39, 0.29) is 19.6 Å². The predicted molar refractivity (Wildman–Crippen MR) is 125 cm³/mol. The number of β-amino-alcohol motifs (C(OH)–C–C–N with tert-alkyl or cyclic N) is 6. The van der Waals surface area contributed by atoms with Gasteiger partial charge in [0.05, 0.1) is 6.54 Å². The average Bonchev–Trinajstić information content (AvgIpc) is 2.75. The van der Waals surface area contributed by atoms with Crippen LogP contribution in [0.15, 0.2) is 18.3 Å². The van der Waals surface area contributed by atoms with Crippen LogP contribution < -0.4 is 10.3 Å². The van der Waals surface area contributed by atoms with Crippen LogP contribution in [-0.4, -0.2) is 147 Å². The summed E-state index contributed by atoms with van der Waals surface area (Å²) in [6, 6.07) is 3.53. The Morgan fingerprint density at radius 1 is 0.771 bits per heavy atom. The molecular formula is C22H41N6O7+. The van der Waals surface area contributed by atoms with E-state index in [0.717, 1.165) is 5.69 Å². The normalized spacial score (nSPS) is 18.8. The summed E-state index contributed by atoms with van der Waals surface area (Å²) >= 11 is 0. The van der Waals surface area contributed by atoms with Gasteiger partial charge in [-0.3, -0.25) is 24.4 Å². The second kappa shape index (κ2) is 14.7. The SMILES string of the molecule is C[n+]1cc(C(N)=O)ccc1CN1CCN(CC(O)O)CCN(CC(O)O)CCN(CC(O)O)CC1. The van der Waals surface area contributed by atoms with E-state index in [4.69, 9.17) is 5.73 Å². The Hall–Kier alpha value is -1.78. The highest BCUT2D eigenvalue weighted by atomic mass is 16.5. The zero-order chi connectivity index (χ0) is 26.0. The Morgan fingerprint density at radius 3 is 1.46 bits per heavy atom. The summed E-state index contributed by atoms with van der Waals surface area (Å²) in [4.78, 5) is 19.4. The van der Waals surface area contributed by atoms with Crippen molar-refractivity contribution < 1.29 is 40.0 Å². The molecular weight excluding hydrogens is 460 g/mol. The summed E-state index contributed by atoms with van der Waals surface area (Å²) in [5.74, 6) is -0.502. The molecule has 0 spiro atoms. The van der Waals surface area contributed by atoms with Crippen LogP contribution in [0.3, 0.4) is 0 Å². The molecule has 13 heteroatoms. The van der Waals surface area contributed by atoms with Crippen molar-refractivity contribution in [1.29, 1.82) is 0 Å². The zero-order valence-electron chi connectivity index (χ0n) is 20.4. The second-order valence-electron chi connectivity index (χ2n) is 9.00. The number of aryl methyl sites for hydroxylation is 1. The highest BCUT2D eigenvalue weighted by molar-refractivity contribution is 5.92. The Kier molecular flexibility index (Phi) is 12.4. The van der Waals surface area contributed by atoms with Gasteiger partial charge in [0.1, 0.15) is 12.6 Å². The van der Waals surface area contributed by atoms with Gasteiger partial charge < -0.3 is 36.4 Å². The lowest BCUT2D eigenvalue weighted by Crippen LogP contribution is -2.49. The van der Waals surface area contributed by atoms with E-state index < -0.39 is 24.8 Å². The van der Waals surface area contributed by atoms with Crippen LogP contribution >= 0.6 is 0 Å². The highest BCUT2D eigenvalue weighted by Crippen LogP contribution is 2.06. The van der Waals surface area contributed by atoms with Gasteiger partial charge in [-0.05, 0) is 6.07 Å². The number of hydrogen-bond acceptors (Lipinski definition) is 11. The third kappa shape index (κ3) is 11.2. The molecule has 1 saturated heterocycles. The fraction of sp³-hybridized carbons (Fsp3) is 0.727. The van der Waals surface area contributed by atoms with E-state index in [0.29, 0.717) is 64.5 Å². The molecule has 0 aliphatic carbocycles.